The Kier molecular flexibility index (Phi) is 5.41. The lowest BCUT2D eigenvalue weighted by molar-refractivity contribution is -0.274. The topological polar surface area (TPSA) is 67.9 Å². The highest BCUT2D eigenvalue weighted by atomic mass is 19.4. The molecule has 0 saturated carbocycles. The number of ether oxygens (including phenoxy) is 2. The number of hydrogen-bond donors (Lipinski definition) is 1. The van der Waals surface area contributed by atoms with Crippen LogP contribution in [0.4, 0.5) is 18.0 Å². The van der Waals surface area contributed by atoms with E-state index < -0.39 is 29.6 Å². The molecule has 0 aliphatic carbocycles. The number of hydrogen-bond acceptors (Lipinski definition) is 4. The Hall–Kier alpha value is -3.23. The number of carbonyl (C=O) groups excluding carboxylic acids is 2. The van der Waals surface area contributed by atoms with E-state index in [2.05, 4.69) is 10.1 Å². The standard InChI is InChI=1S/C20H19F3N2O4/c1-13-3-7-15(8-4-13)28-12-11-25-17(26)19(2,24-18(25)27)14-5-9-16(10-6-14)29-20(21,22)23/h3-10H,11-12H2,1-2H3,(H,24,27)/t19-/m0/s1. The lowest BCUT2D eigenvalue weighted by Crippen LogP contribution is -2.41. The lowest BCUT2D eigenvalue weighted by Gasteiger charge is -2.22. The van der Waals surface area contributed by atoms with Crippen LogP contribution >= 0.6 is 0 Å². The Morgan fingerprint density at radius 3 is 2.17 bits per heavy atom. The Labute approximate surface area is 165 Å². The van der Waals surface area contributed by atoms with E-state index in [4.69, 9.17) is 4.74 Å². The predicted molar refractivity (Wildman–Crippen MR) is 97.4 cm³/mol. The van der Waals surface area contributed by atoms with E-state index in [0.29, 0.717) is 11.3 Å². The first-order valence-corrected chi connectivity index (χ1v) is 8.78. The number of aryl methyl sites for hydroxylation is 1. The van der Waals surface area contributed by atoms with Gasteiger partial charge in [0.1, 0.15) is 23.6 Å². The summed E-state index contributed by atoms with van der Waals surface area (Å²) in [5, 5.41) is 2.59. The molecule has 3 amide bonds. The second-order valence-corrected chi connectivity index (χ2v) is 6.75. The Morgan fingerprint density at radius 2 is 1.59 bits per heavy atom. The first-order valence-electron chi connectivity index (χ1n) is 8.78. The van der Waals surface area contributed by atoms with Gasteiger partial charge in [0.25, 0.3) is 5.91 Å². The molecule has 29 heavy (non-hydrogen) atoms. The second kappa shape index (κ2) is 7.65. The van der Waals surface area contributed by atoms with Crippen LogP contribution < -0.4 is 14.8 Å². The molecule has 2 aromatic carbocycles. The molecule has 9 heteroatoms. The van der Waals surface area contributed by atoms with Gasteiger partial charge in [-0.15, -0.1) is 13.2 Å². The number of carbonyl (C=O) groups is 2. The van der Waals surface area contributed by atoms with Crippen LogP contribution in [0.1, 0.15) is 18.1 Å². The molecule has 1 heterocycles. The van der Waals surface area contributed by atoms with Crippen molar-refractivity contribution < 1.29 is 32.2 Å². The van der Waals surface area contributed by atoms with E-state index in [1.165, 1.54) is 19.1 Å². The van der Waals surface area contributed by atoms with Crippen molar-refractivity contribution in [1.82, 2.24) is 10.2 Å². The van der Waals surface area contributed by atoms with Gasteiger partial charge in [0.15, 0.2) is 0 Å². The third kappa shape index (κ3) is 4.61. The van der Waals surface area contributed by atoms with Gasteiger partial charge in [-0.25, -0.2) is 4.79 Å². The molecule has 1 atom stereocenters. The number of nitrogens with zero attached hydrogens (tertiary/aromatic N) is 1. The van der Waals surface area contributed by atoms with Crippen LogP contribution in [0.5, 0.6) is 11.5 Å². The highest BCUT2D eigenvalue weighted by Crippen LogP contribution is 2.31. The fraction of sp³-hybridized carbons (Fsp3) is 0.300. The summed E-state index contributed by atoms with van der Waals surface area (Å²) in [5.74, 6) is -0.310. The maximum absolute atomic E-state index is 12.8. The number of imide groups is 1. The van der Waals surface area contributed by atoms with Crippen LogP contribution in [0, 0.1) is 6.92 Å². The lowest BCUT2D eigenvalue weighted by atomic mass is 9.92. The summed E-state index contributed by atoms with van der Waals surface area (Å²) >= 11 is 0. The van der Waals surface area contributed by atoms with Crippen LogP contribution in [0.3, 0.4) is 0 Å². The van der Waals surface area contributed by atoms with Crippen molar-refractivity contribution in [2.24, 2.45) is 0 Å². The zero-order valence-electron chi connectivity index (χ0n) is 15.7. The van der Waals surface area contributed by atoms with Crippen LogP contribution in [0.15, 0.2) is 48.5 Å². The molecule has 0 bridgehead atoms. The third-order valence-corrected chi connectivity index (χ3v) is 4.54. The molecule has 1 aliphatic rings. The molecular formula is C20H19F3N2O4. The average molecular weight is 408 g/mol. The smallest absolute Gasteiger partial charge is 0.492 e. The summed E-state index contributed by atoms with van der Waals surface area (Å²) < 4.78 is 46.3. The minimum atomic E-state index is -4.81. The highest BCUT2D eigenvalue weighted by Gasteiger charge is 2.48. The number of amides is 3. The molecule has 0 unspecified atom stereocenters. The third-order valence-electron chi connectivity index (χ3n) is 4.54. The Bertz CT molecular complexity index is 897. The molecule has 3 rings (SSSR count). The minimum absolute atomic E-state index is 0.0312. The zero-order chi connectivity index (χ0) is 21.2. The minimum Gasteiger partial charge on any atom is -0.492 e. The van der Waals surface area contributed by atoms with Crippen LogP contribution in [0.25, 0.3) is 0 Å². The highest BCUT2D eigenvalue weighted by molar-refractivity contribution is 6.07. The molecule has 2 aromatic rings. The van der Waals surface area contributed by atoms with Gasteiger partial charge in [-0.3, -0.25) is 9.69 Å². The van der Waals surface area contributed by atoms with Crippen molar-refractivity contribution in [3.05, 3.63) is 59.7 Å². The van der Waals surface area contributed by atoms with E-state index in [9.17, 15) is 22.8 Å². The van der Waals surface area contributed by atoms with Gasteiger partial charge in [0, 0.05) is 0 Å². The van der Waals surface area contributed by atoms with Crippen molar-refractivity contribution in [2.45, 2.75) is 25.7 Å². The molecule has 1 saturated heterocycles. The van der Waals surface area contributed by atoms with Crippen molar-refractivity contribution in [3.8, 4) is 11.5 Å². The van der Waals surface area contributed by atoms with Crippen LogP contribution in [-0.2, 0) is 10.3 Å². The van der Waals surface area contributed by atoms with Gasteiger partial charge >= 0.3 is 12.4 Å². The van der Waals surface area contributed by atoms with Gasteiger partial charge in [0.05, 0.1) is 6.54 Å². The van der Waals surface area contributed by atoms with Gasteiger partial charge in [0.2, 0.25) is 0 Å². The number of benzene rings is 2. The summed E-state index contributed by atoms with van der Waals surface area (Å²) in [7, 11) is 0. The maximum atomic E-state index is 12.8. The van der Waals surface area contributed by atoms with Crippen molar-refractivity contribution in [1.29, 1.82) is 0 Å². The summed E-state index contributed by atoms with van der Waals surface area (Å²) in [5.41, 5.74) is 0.0266. The zero-order valence-corrected chi connectivity index (χ0v) is 15.7. The molecule has 1 aliphatic heterocycles. The SMILES string of the molecule is Cc1ccc(OCCN2C(=O)N[C@@](C)(c3ccc(OC(F)(F)F)cc3)C2=O)cc1. The van der Waals surface area contributed by atoms with Gasteiger partial charge in [-0.2, -0.15) is 0 Å². The molecule has 0 radical (unpaired) electrons. The first-order chi connectivity index (χ1) is 13.6. The maximum Gasteiger partial charge on any atom is 0.573 e. The van der Waals surface area contributed by atoms with E-state index >= 15 is 0 Å². The molecule has 1 N–H and O–H groups in total. The summed E-state index contributed by atoms with van der Waals surface area (Å²) in [6, 6.07) is 11.6. The summed E-state index contributed by atoms with van der Waals surface area (Å²) in [6.07, 6.45) is -4.81. The molecule has 1 fully saturated rings. The average Bonchev–Trinajstić information content (AvgIpc) is 2.86. The molecule has 0 aromatic heterocycles. The molecule has 154 valence electrons. The summed E-state index contributed by atoms with van der Waals surface area (Å²) in [4.78, 5) is 26.1. The molecular weight excluding hydrogens is 389 g/mol. The van der Waals surface area contributed by atoms with Gasteiger partial charge in [-0.05, 0) is 43.7 Å². The number of halogens is 3. The van der Waals surface area contributed by atoms with Crippen molar-refractivity contribution in [3.63, 3.8) is 0 Å². The Morgan fingerprint density at radius 1 is 1.00 bits per heavy atom. The Balaban J connectivity index is 1.66. The van der Waals surface area contributed by atoms with Gasteiger partial charge in [-0.1, -0.05) is 29.8 Å². The van der Waals surface area contributed by atoms with E-state index in [1.54, 1.807) is 12.1 Å². The fourth-order valence-electron chi connectivity index (χ4n) is 2.97. The van der Waals surface area contributed by atoms with E-state index in [0.717, 1.165) is 22.6 Å². The number of nitrogens with one attached hydrogen (secondary N) is 1. The largest absolute Gasteiger partial charge is 0.573 e. The fourth-order valence-corrected chi connectivity index (χ4v) is 2.97. The molecule has 0 spiro atoms. The molecule has 6 nitrogen and oxygen atoms in total. The monoisotopic (exact) mass is 408 g/mol. The van der Waals surface area contributed by atoms with Crippen LogP contribution in [0.2, 0.25) is 0 Å². The number of urea groups is 1. The van der Waals surface area contributed by atoms with Crippen LogP contribution in [-0.4, -0.2) is 36.4 Å². The van der Waals surface area contributed by atoms with Crippen molar-refractivity contribution >= 4 is 11.9 Å². The second-order valence-electron chi connectivity index (χ2n) is 6.75. The predicted octanol–water partition coefficient (Wildman–Crippen LogP) is 3.74. The summed E-state index contributed by atoms with van der Waals surface area (Å²) in [6.45, 7) is 3.58. The first kappa shape index (κ1) is 20.5. The quantitative estimate of drug-likeness (QED) is 0.740. The van der Waals surface area contributed by atoms with Crippen molar-refractivity contribution in [2.75, 3.05) is 13.2 Å². The number of alkyl halides is 3. The van der Waals surface area contributed by atoms with E-state index in [1.807, 2.05) is 19.1 Å². The van der Waals surface area contributed by atoms with E-state index in [-0.39, 0.29) is 13.2 Å². The normalized spacial score (nSPS) is 19.3. The number of rotatable bonds is 6. The van der Waals surface area contributed by atoms with Gasteiger partial charge < -0.3 is 14.8 Å².